The molecule has 1 unspecified atom stereocenters. The van der Waals surface area contributed by atoms with Crippen molar-refractivity contribution in [1.82, 2.24) is 5.32 Å². The van der Waals surface area contributed by atoms with E-state index in [9.17, 15) is 27.3 Å². The number of amides is 1. The molecule has 38 heavy (non-hydrogen) atoms. The number of carbonyl (C=O) groups excluding carboxylic acids is 1. The first-order valence-corrected chi connectivity index (χ1v) is 15.5. The quantitative estimate of drug-likeness (QED) is 0.163. The first-order valence-electron chi connectivity index (χ1n) is 14.0. The van der Waals surface area contributed by atoms with Crippen LogP contribution in [0.5, 0.6) is 0 Å². The number of aliphatic hydroxyl groups is 1. The summed E-state index contributed by atoms with van der Waals surface area (Å²) in [5.74, 6) is 0.890. The number of nitriles is 1. The molecule has 9 heteroatoms. The van der Waals surface area contributed by atoms with Crippen LogP contribution in [0, 0.1) is 11.3 Å². The van der Waals surface area contributed by atoms with E-state index >= 15 is 0 Å². The van der Waals surface area contributed by atoms with Gasteiger partial charge < -0.3 is 10.4 Å². The molecular formula is C29H45F3N2O3S. The molecule has 2 atom stereocenters. The highest BCUT2D eigenvalue weighted by atomic mass is 32.2. The van der Waals surface area contributed by atoms with Crippen LogP contribution >= 0.6 is 0 Å². The molecule has 0 bridgehead atoms. The molecule has 0 heterocycles. The summed E-state index contributed by atoms with van der Waals surface area (Å²) in [6.07, 6.45) is 12.6. The van der Waals surface area contributed by atoms with Gasteiger partial charge in [0.05, 0.1) is 17.2 Å². The van der Waals surface area contributed by atoms with Gasteiger partial charge in [-0.15, -0.1) is 0 Å². The third-order valence-corrected chi connectivity index (χ3v) is 8.17. The first-order chi connectivity index (χ1) is 18.0. The Bertz CT molecular complexity index is 886. The number of nitrogens with zero attached hydrogens (tertiary/aromatic N) is 1. The molecule has 1 amide bonds. The second kappa shape index (κ2) is 18.4. The van der Waals surface area contributed by atoms with Crippen molar-refractivity contribution in [3.8, 4) is 6.07 Å². The first kappa shape index (κ1) is 34.1. The maximum atomic E-state index is 13.3. The van der Waals surface area contributed by atoms with Crippen molar-refractivity contribution in [3.63, 3.8) is 0 Å². The van der Waals surface area contributed by atoms with Crippen LogP contribution in [0.25, 0.3) is 0 Å². The fourth-order valence-electron chi connectivity index (χ4n) is 4.27. The zero-order chi connectivity index (χ0) is 28.4. The van der Waals surface area contributed by atoms with Gasteiger partial charge in [-0.1, -0.05) is 89.7 Å². The van der Waals surface area contributed by atoms with E-state index in [0.29, 0.717) is 6.42 Å². The molecular weight excluding hydrogens is 513 g/mol. The number of hydrogen-bond donors (Lipinski definition) is 2. The van der Waals surface area contributed by atoms with Crippen molar-refractivity contribution in [2.45, 2.75) is 122 Å². The van der Waals surface area contributed by atoms with Gasteiger partial charge in [0.25, 0.3) is 5.91 Å². The number of unbranched alkanes of at least 4 members (excludes halogenated alkanes) is 11. The summed E-state index contributed by atoms with van der Waals surface area (Å²) in [6.45, 7) is 3.54. The molecule has 0 aromatic carbocycles. The lowest BCUT2D eigenvalue weighted by Gasteiger charge is -2.23. The summed E-state index contributed by atoms with van der Waals surface area (Å²) in [5, 5.41) is 22.0. The van der Waals surface area contributed by atoms with Crippen LogP contribution in [-0.4, -0.2) is 38.5 Å². The lowest BCUT2D eigenvalue weighted by atomic mass is 9.96. The number of rotatable bonds is 19. The third-order valence-electron chi connectivity index (χ3n) is 6.68. The van der Waals surface area contributed by atoms with Crippen molar-refractivity contribution in [2.75, 3.05) is 11.5 Å². The second-order valence-electron chi connectivity index (χ2n) is 10.2. The molecule has 0 aromatic heterocycles. The van der Waals surface area contributed by atoms with E-state index in [4.69, 9.17) is 5.26 Å². The highest BCUT2D eigenvalue weighted by Crippen LogP contribution is 2.33. The number of carbonyl (C=O) groups is 1. The maximum Gasteiger partial charge on any atom is 0.417 e. The number of allylic oxidation sites excluding steroid dienone is 5. The maximum absolute atomic E-state index is 13.3. The van der Waals surface area contributed by atoms with Crippen LogP contribution in [0.4, 0.5) is 13.2 Å². The van der Waals surface area contributed by atoms with Crippen molar-refractivity contribution in [2.24, 2.45) is 0 Å². The minimum atomic E-state index is -4.73. The molecule has 0 fully saturated rings. The van der Waals surface area contributed by atoms with Crippen LogP contribution in [-0.2, 0) is 15.6 Å². The number of nitrogens with one attached hydrogen (secondary N) is 1. The average molecular weight is 559 g/mol. The van der Waals surface area contributed by atoms with Crippen molar-refractivity contribution >= 4 is 16.7 Å². The molecule has 1 rings (SSSR count). The molecule has 0 saturated heterocycles. The molecule has 0 spiro atoms. The summed E-state index contributed by atoms with van der Waals surface area (Å²) < 4.78 is 51.9. The summed E-state index contributed by atoms with van der Waals surface area (Å²) in [5.41, 5.74) is -3.39. The van der Waals surface area contributed by atoms with Crippen LogP contribution in [0.3, 0.4) is 0 Å². The minimum Gasteiger partial charge on any atom is -0.380 e. The van der Waals surface area contributed by atoms with Gasteiger partial charge in [0.2, 0.25) is 0 Å². The van der Waals surface area contributed by atoms with E-state index < -0.39 is 39.6 Å². The van der Waals surface area contributed by atoms with Gasteiger partial charge in [0, 0.05) is 28.0 Å². The van der Waals surface area contributed by atoms with Gasteiger partial charge in [-0.25, -0.2) is 0 Å². The van der Waals surface area contributed by atoms with E-state index in [0.717, 1.165) is 81.4 Å². The van der Waals surface area contributed by atoms with Crippen LogP contribution in [0.1, 0.15) is 110 Å². The Morgan fingerprint density at radius 3 is 2.03 bits per heavy atom. The molecule has 1 aliphatic carbocycles. The van der Waals surface area contributed by atoms with Crippen LogP contribution < -0.4 is 5.32 Å². The zero-order valence-electron chi connectivity index (χ0n) is 23.0. The van der Waals surface area contributed by atoms with E-state index in [2.05, 4.69) is 12.2 Å². The monoisotopic (exact) mass is 558 g/mol. The normalized spacial score (nSPS) is 16.4. The Kier molecular flexibility index (Phi) is 16.5. The van der Waals surface area contributed by atoms with Crippen molar-refractivity contribution < 1.29 is 27.3 Å². The zero-order valence-corrected chi connectivity index (χ0v) is 23.8. The Morgan fingerprint density at radius 1 is 0.974 bits per heavy atom. The fraction of sp³-hybridized carbons (Fsp3) is 0.724. The van der Waals surface area contributed by atoms with Gasteiger partial charge >= 0.3 is 6.18 Å². The fourth-order valence-corrected chi connectivity index (χ4v) is 5.53. The van der Waals surface area contributed by atoms with Crippen LogP contribution in [0.2, 0.25) is 0 Å². The Morgan fingerprint density at radius 2 is 1.50 bits per heavy atom. The SMILES string of the molecule is CCCCCCS(=O)CCCCCCCCCCC[C@](C)(O)C(=O)NC1=CCC=C(C#N)C(C(F)(F)F)=C1. The predicted molar refractivity (Wildman–Crippen MR) is 147 cm³/mol. The van der Waals surface area contributed by atoms with E-state index in [1.54, 1.807) is 6.07 Å². The smallest absolute Gasteiger partial charge is 0.380 e. The van der Waals surface area contributed by atoms with E-state index in [-0.39, 0.29) is 18.5 Å². The van der Waals surface area contributed by atoms with Gasteiger partial charge in [-0.3, -0.25) is 9.00 Å². The standard InChI is InChI=1S/C29H45F3N2O3S/c1-3-4-5-14-20-38(37)21-15-12-10-8-6-7-9-11-13-19-28(2,36)27(35)34-25-18-16-17-24(23-33)26(22-25)29(30,31)32/h17-18,22,36H,3-16,19-21H2,1-2H3,(H,34,35)/t28-,38?/m0/s1. The molecule has 1 aliphatic rings. The Labute approximate surface area is 229 Å². The van der Waals surface area contributed by atoms with Gasteiger partial charge in [-0.05, 0) is 38.7 Å². The Balaban J connectivity index is 2.21. The highest BCUT2D eigenvalue weighted by Gasteiger charge is 2.37. The number of hydrogen-bond acceptors (Lipinski definition) is 4. The molecule has 0 aromatic rings. The molecule has 5 nitrogen and oxygen atoms in total. The van der Waals surface area contributed by atoms with Crippen molar-refractivity contribution in [3.05, 3.63) is 35.1 Å². The van der Waals surface area contributed by atoms with Crippen LogP contribution in [0.15, 0.2) is 35.1 Å². The van der Waals surface area contributed by atoms with Gasteiger partial charge in [0.15, 0.2) is 0 Å². The number of alkyl halides is 3. The molecule has 0 aliphatic heterocycles. The average Bonchev–Trinajstić information content (AvgIpc) is 3.07. The van der Waals surface area contributed by atoms with E-state index in [1.807, 2.05) is 0 Å². The third kappa shape index (κ3) is 14.3. The summed E-state index contributed by atoms with van der Waals surface area (Å²) in [4.78, 5) is 12.6. The van der Waals surface area contributed by atoms with E-state index in [1.165, 1.54) is 32.3 Å². The summed E-state index contributed by atoms with van der Waals surface area (Å²) in [6, 6.07) is 1.55. The lowest BCUT2D eigenvalue weighted by Crippen LogP contribution is -2.43. The topological polar surface area (TPSA) is 90.2 Å². The molecule has 2 N–H and O–H groups in total. The Hall–Kier alpha value is -1.92. The summed E-state index contributed by atoms with van der Waals surface area (Å²) >= 11 is 0. The number of halogens is 3. The minimum absolute atomic E-state index is 0.0648. The molecule has 0 saturated carbocycles. The largest absolute Gasteiger partial charge is 0.417 e. The predicted octanol–water partition coefficient (Wildman–Crippen LogP) is 7.31. The molecule has 0 radical (unpaired) electrons. The second-order valence-corrected chi connectivity index (χ2v) is 11.9. The van der Waals surface area contributed by atoms with Gasteiger partial charge in [-0.2, -0.15) is 18.4 Å². The lowest BCUT2D eigenvalue weighted by molar-refractivity contribution is -0.138. The van der Waals surface area contributed by atoms with Crippen molar-refractivity contribution in [1.29, 1.82) is 5.26 Å². The molecule has 216 valence electrons. The van der Waals surface area contributed by atoms with Gasteiger partial charge in [0.1, 0.15) is 5.60 Å². The highest BCUT2D eigenvalue weighted by molar-refractivity contribution is 7.84. The summed E-state index contributed by atoms with van der Waals surface area (Å²) in [7, 11) is -0.671.